The number of ether oxygens (including phenoxy) is 1. The highest BCUT2D eigenvalue weighted by Gasteiger charge is 2.59. The first-order valence-electron chi connectivity index (χ1n) is 16.9. The van der Waals surface area contributed by atoms with E-state index in [9.17, 15) is 4.79 Å². The number of benzene rings is 1. The molecular formula is C38H57NO2. The van der Waals surface area contributed by atoms with Gasteiger partial charge in [0, 0.05) is 32.3 Å². The molecule has 0 aromatic heterocycles. The molecule has 3 fully saturated rings. The average Bonchev–Trinajstić information content (AvgIpc) is 3.29. The highest BCUT2D eigenvalue weighted by atomic mass is 16.5. The van der Waals surface area contributed by atoms with Crippen molar-refractivity contribution in [1.29, 1.82) is 0 Å². The molecule has 0 unspecified atom stereocenters. The van der Waals surface area contributed by atoms with Crippen LogP contribution in [0.4, 0.5) is 5.69 Å². The number of carbonyl (C=O) groups excluding carboxylic acids is 1. The molecule has 3 heteroatoms. The highest BCUT2D eigenvalue weighted by molar-refractivity contribution is 5.87. The molecule has 3 saturated carbocycles. The van der Waals surface area contributed by atoms with Gasteiger partial charge in [-0.25, -0.2) is 4.79 Å². The topological polar surface area (TPSA) is 29.5 Å². The van der Waals surface area contributed by atoms with Crippen LogP contribution in [0.5, 0.6) is 0 Å². The standard InChI is InChI=1S/C38H57NO2/c1-26(2)9-8-10-27(3)33-18-19-34-32-17-14-29-25-31(21-23-37(29,4)35(32)22-24-38(33,34)5)41-36(40)20-13-28-11-15-30(16-12-28)39(6)7/h11-16,20,26-27,31-35H,8-10,17-19,21-25H2,1-7H3/b20-13+/t27-,31-,32+,33-,34+,35+,37+,38-/m1/s1. The van der Waals surface area contributed by atoms with Crippen LogP contribution in [0.1, 0.15) is 111 Å². The molecule has 8 atom stereocenters. The Morgan fingerprint density at radius 2 is 1.76 bits per heavy atom. The van der Waals surface area contributed by atoms with Gasteiger partial charge >= 0.3 is 5.97 Å². The Balaban J connectivity index is 1.19. The van der Waals surface area contributed by atoms with Crippen LogP contribution in [0.15, 0.2) is 42.0 Å². The van der Waals surface area contributed by atoms with Gasteiger partial charge in [0.25, 0.3) is 0 Å². The summed E-state index contributed by atoms with van der Waals surface area (Å²) in [6.45, 7) is 12.6. The van der Waals surface area contributed by atoms with E-state index in [1.165, 1.54) is 51.4 Å². The van der Waals surface area contributed by atoms with Crippen molar-refractivity contribution in [3.05, 3.63) is 47.6 Å². The Bertz CT molecular complexity index is 1120. The van der Waals surface area contributed by atoms with Crippen LogP contribution in [0.3, 0.4) is 0 Å². The third-order valence-corrected chi connectivity index (χ3v) is 12.4. The van der Waals surface area contributed by atoms with Gasteiger partial charge in [0.2, 0.25) is 0 Å². The molecule has 0 saturated heterocycles. The Labute approximate surface area is 251 Å². The molecule has 0 aliphatic heterocycles. The Morgan fingerprint density at radius 1 is 1.00 bits per heavy atom. The van der Waals surface area contributed by atoms with Gasteiger partial charge in [-0.1, -0.05) is 77.7 Å². The summed E-state index contributed by atoms with van der Waals surface area (Å²) in [6, 6.07) is 8.24. The summed E-state index contributed by atoms with van der Waals surface area (Å²) in [5, 5.41) is 0. The van der Waals surface area contributed by atoms with Gasteiger partial charge in [-0.15, -0.1) is 0 Å². The van der Waals surface area contributed by atoms with Gasteiger partial charge in [0.05, 0.1) is 0 Å². The molecule has 4 aliphatic carbocycles. The SMILES string of the molecule is CC(C)CCC[C@@H](C)[C@H]1CC[C@H]2[C@@H]3CC=C4C[C@H](OC(=O)/C=C/c5ccc(N(C)C)cc5)CC[C@]4(C)[C@H]3CC[C@]12C. The Kier molecular flexibility index (Phi) is 9.12. The molecule has 0 bridgehead atoms. The Hall–Kier alpha value is -2.03. The zero-order valence-electron chi connectivity index (χ0n) is 27.1. The molecule has 5 rings (SSSR count). The van der Waals surface area contributed by atoms with Gasteiger partial charge in [-0.2, -0.15) is 0 Å². The van der Waals surface area contributed by atoms with Crippen molar-refractivity contribution < 1.29 is 9.53 Å². The van der Waals surface area contributed by atoms with Gasteiger partial charge in [0.1, 0.15) is 6.10 Å². The maximum Gasteiger partial charge on any atom is 0.331 e. The number of hydrogen-bond acceptors (Lipinski definition) is 3. The number of hydrogen-bond donors (Lipinski definition) is 0. The molecule has 3 nitrogen and oxygen atoms in total. The van der Waals surface area contributed by atoms with E-state index >= 15 is 0 Å². The smallest absolute Gasteiger partial charge is 0.331 e. The van der Waals surface area contributed by atoms with E-state index in [1.807, 2.05) is 32.3 Å². The predicted molar refractivity (Wildman–Crippen MR) is 173 cm³/mol. The molecule has 4 aliphatic rings. The average molecular weight is 560 g/mol. The van der Waals surface area contributed by atoms with Crippen LogP contribution < -0.4 is 4.90 Å². The maximum absolute atomic E-state index is 12.7. The summed E-state index contributed by atoms with van der Waals surface area (Å²) in [5.74, 6) is 4.93. The summed E-state index contributed by atoms with van der Waals surface area (Å²) in [5.41, 5.74) is 4.59. The lowest BCUT2D eigenvalue weighted by Crippen LogP contribution is -2.51. The predicted octanol–water partition coefficient (Wildman–Crippen LogP) is 9.72. The summed E-state index contributed by atoms with van der Waals surface area (Å²) < 4.78 is 6.00. The van der Waals surface area contributed by atoms with Gasteiger partial charge in [-0.3, -0.25) is 0 Å². The van der Waals surface area contributed by atoms with Crippen molar-refractivity contribution >= 4 is 17.7 Å². The van der Waals surface area contributed by atoms with Gasteiger partial charge in [-0.05, 0) is 115 Å². The van der Waals surface area contributed by atoms with E-state index in [1.54, 1.807) is 11.6 Å². The number of anilines is 1. The van der Waals surface area contributed by atoms with Crippen LogP contribution >= 0.6 is 0 Å². The van der Waals surface area contributed by atoms with E-state index in [0.29, 0.717) is 5.41 Å². The number of nitrogens with zero attached hydrogens (tertiary/aromatic N) is 1. The minimum atomic E-state index is -0.211. The first kappa shape index (κ1) is 30.4. The normalized spacial score (nSPS) is 35.4. The largest absolute Gasteiger partial charge is 0.459 e. The minimum absolute atomic E-state index is 0.00977. The van der Waals surface area contributed by atoms with Crippen molar-refractivity contribution in [1.82, 2.24) is 0 Å². The lowest BCUT2D eigenvalue weighted by molar-refractivity contribution is -0.145. The molecule has 0 heterocycles. The van der Waals surface area contributed by atoms with Crippen LogP contribution in [0, 0.1) is 46.3 Å². The van der Waals surface area contributed by atoms with Crippen molar-refractivity contribution in [2.24, 2.45) is 46.3 Å². The van der Waals surface area contributed by atoms with Crippen LogP contribution in [-0.2, 0) is 9.53 Å². The van der Waals surface area contributed by atoms with Crippen LogP contribution in [0.25, 0.3) is 6.08 Å². The molecule has 0 spiro atoms. The molecule has 0 N–H and O–H groups in total. The molecule has 0 radical (unpaired) electrons. The summed E-state index contributed by atoms with van der Waals surface area (Å²) in [6.07, 6.45) is 20.3. The lowest BCUT2D eigenvalue weighted by Gasteiger charge is -2.58. The first-order chi connectivity index (χ1) is 19.5. The zero-order chi connectivity index (χ0) is 29.4. The maximum atomic E-state index is 12.7. The van der Waals surface area contributed by atoms with Gasteiger partial charge in [0.15, 0.2) is 0 Å². The van der Waals surface area contributed by atoms with Gasteiger partial charge < -0.3 is 9.64 Å². The van der Waals surface area contributed by atoms with E-state index in [-0.39, 0.29) is 17.5 Å². The fourth-order valence-corrected chi connectivity index (χ4v) is 10.0. The summed E-state index contributed by atoms with van der Waals surface area (Å²) >= 11 is 0. The van der Waals surface area contributed by atoms with E-state index in [4.69, 9.17) is 4.74 Å². The van der Waals surface area contributed by atoms with Crippen molar-refractivity contribution in [3.8, 4) is 0 Å². The highest BCUT2D eigenvalue weighted by Crippen LogP contribution is 2.67. The summed E-state index contributed by atoms with van der Waals surface area (Å²) in [4.78, 5) is 14.8. The second-order valence-corrected chi connectivity index (χ2v) is 15.4. The van der Waals surface area contributed by atoms with E-state index in [2.05, 4.69) is 57.7 Å². The second-order valence-electron chi connectivity index (χ2n) is 15.4. The lowest BCUT2D eigenvalue weighted by atomic mass is 9.47. The molecule has 226 valence electrons. The van der Waals surface area contributed by atoms with E-state index in [0.717, 1.165) is 66.0 Å². The fourth-order valence-electron chi connectivity index (χ4n) is 10.0. The van der Waals surface area contributed by atoms with Crippen molar-refractivity contribution in [2.45, 2.75) is 111 Å². The number of allylic oxidation sites excluding steroid dienone is 1. The molecule has 1 aromatic carbocycles. The summed E-state index contributed by atoms with van der Waals surface area (Å²) in [7, 11) is 4.07. The first-order valence-corrected chi connectivity index (χ1v) is 16.9. The zero-order valence-corrected chi connectivity index (χ0v) is 27.1. The Morgan fingerprint density at radius 3 is 2.46 bits per heavy atom. The van der Waals surface area contributed by atoms with Crippen LogP contribution in [0.2, 0.25) is 0 Å². The number of carbonyl (C=O) groups is 1. The third kappa shape index (κ3) is 6.21. The number of rotatable bonds is 9. The molecule has 41 heavy (non-hydrogen) atoms. The van der Waals surface area contributed by atoms with Crippen molar-refractivity contribution in [3.63, 3.8) is 0 Å². The van der Waals surface area contributed by atoms with Crippen molar-refractivity contribution in [2.75, 3.05) is 19.0 Å². The van der Waals surface area contributed by atoms with E-state index < -0.39 is 0 Å². The van der Waals surface area contributed by atoms with Crippen LogP contribution in [-0.4, -0.2) is 26.2 Å². The number of fused-ring (bicyclic) bond motifs is 5. The monoisotopic (exact) mass is 559 g/mol. The third-order valence-electron chi connectivity index (χ3n) is 12.4. The fraction of sp³-hybridized carbons (Fsp3) is 0.711. The molecule has 1 aromatic rings. The second kappa shape index (κ2) is 12.3. The number of esters is 1. The molecule has 0 amide bonds. The molecular weight excluding hydrogens is 502 g/mol. The minimum Gasteiger partial charge on any atom is -0.459 e. The quantitative estimate of drug-likeness (QED) is 0.171.